The van der Waals surface area contributed by atoms with Gasteiger partial charge in [-0.3, -0.25) is 4.90 Å². The molecule has 1 aliphatic carbocycles. The number of hydrogen-bond acceptors (Lipinski definition) is 6. The Hall–Kier alpha value is -3.62. The van der Waals surface area contributed by atoms with Gasteiger partial charge in [0.05, 0.1) is 25.9 Å². The van der Waals surface area contributed by atoms with E-state index in [1.165, 1.54) is 6.08 Å². The second kappa shape index (κ2) is 13.2. The first-order valence-electron chi connectivity index (χ1n) is 13.8. The van der Waals surface area contributed by atoms with Crippen molar-refractivity contribution in [1.82, 2.24) is 4.90 Å². The molecule has 2 atom stereocenters. The van der Waals surface area contributed by atoms with Crippen molar-refractivity contribution in [3.05, 3.63) is 83.5 Å². The van der Waals surface area contributed by atoms with Gasteiger partial charge in [0.15, 0.2) is 0 Å². The molecule has 1 fully saturated rings. The first-order chi connectivity index (χ1) is 19.2. The van der Waals surface area contributed by atoms with Crippen LogP contribution in [0.15, 0.2) is 66.8 Å². The average Bonchev–Trinajstić information content (AvgIpc) is 3.23. The number of halogens is 1. The van der Waals surface area contributed by atoms with Gasteiger partial charge in [-0.15, -0.1) is 0 Å². The van der Waals surface area contributed by atoms with Gasteiger partial charge in [-0.2, -0.15) is 0 Å². The molecule has 2 aromatic carbocycles. The lowest BCUT2D eigenvalue weighted by atomic mass is 9.97. The number of nitrogens with two attached hydrogens (primary N) is 1. The van der Waals surface area contributed by atoms with E-state index in [1.54, 1.807) is 24.2 Å². The summed E-state index contributed by atoms with van der Waals surface area (Å²) in [5, 5.41) is 0. The van der Waals surface area contributed by atoms with Crippen LogP contribution in [0.25, 0.3) is 5.57 Å². The van der Waals surface area contributed by atoms with Gasteiger partial charge in [-0.05, 0) is 68.3 Å². The maximum absolute atomic E-state index is 13.6. The van der Waals surface area contributed by atoms with Crippen LogP contribution in [0.2, 0.25) is 0 Å². The highest BCUT2D eigenvalue weighted by Gasteiger charge is 2.42. The first-order valence-corrected chi connectivity index (χ1v) is 13.8. The summed E-state index contributed by atoms with van der Waals surface area (Å²) in [5.74, 6) is 1.42. The average molecular weight is 550 g/mol. The maximum atomic E-state index is 13.6. The zero-order valence-electron chi connectivity index (χ0n) is 23.9. The minimum Gasteiger partial charge on any atom is -0.495 e. The lowest BCUT2D eigenvalue weighted by Gasteiger charge is -2.26. The van der Waals surface area contributed by atoms with Gasteiger partial charge in [0.1, 0.15) is 23.3 Å². The Morgan fingerprint density at radius 3 is 2.70 bits per heavy atom. The Balaban J connectivity index is 1.40. The predicted octanol–water partition coefficient (Wildman–Crippen LogP) is 6.03. The molecule has 2 N–H and O–H groups in total. The summed E-state index contributed by atoms with van der Waals surface area (Å²) in [6, 6.07) is 11.9. The van der Waals surface area contributed by atoms with Crippen LogP contribution in [0.5, 0.6) is 11.5 Å². The summed E-state index contributed by atoms with van der Waals surface area (Å²) < 4.78 is 31.0. The fourth-order valence-electron chi connectivity index (χ4n) is 5.04. The van der Waals surface area contributed by atoms with Gasteiger partial charge in [0, 0.05) is 31.6 Å². The molecular weight excluding hydrogens is 509 g/mol. The Labute approximate surface area is 236 Å². The van der Waals surface area contributed by atoms with Gasteiger partial charge < -0.3 is 24.8 Å². The van der Waals surface area contributed by atoms with Gasteiger partial charge in [-0.1, -0.05) is 42.5 Å². The van der Waals surface area contributed by atoms with E-state index in [9.17, 15) is 9.18 Å². The van der Waals surface area contributed by atoms with Crippen molar-refractivity contribution in [2.45, 2.75) is 51.6 Å². The highest BCUT2D eigenvalue weighted by molar-refractivity contribution is 5.92. The summed E-state index contributed by atoms with van der Waals surface area (Å²) in [6.45, 7) is 6.77. The molecule has 1 heterocycles. The third-order valence-corrected chi connectivity index (χ3v) is 7.23. The molecule has 7 nitrogen and oxygen atoms in total. The van der Waals surface area contributed by atoms with Crippen LogP contribution in [0.3, 0.4) is 0 Å². The first kappa shape index (κ1) is 29.4. The topological polar surface area (TPSA) is 77.3 Å². The smallest absolute Gasteiger partial charge is 0.415 e. The van der Waals surface area contributed by atoms with Crippen molar-refractivity contribution in [3.63, 3.8) is 0 Å². The molecule has 1 saturated heterocycles. The van der Waals surface area contributed by atoms with E-state index in [2.05, 4.69) is 30.1 Å². The maximum Gasteiger partial charge on any atom is 0.415 e. The number of alkyl halides is 1. The van der Waals surface area contributed by atoms with Gasteiger partial charge >= 0.3 is 6.09 Å². The molecule has 0 radical (unpaired) electrons. The molecule has 40 heavy (non-hydrogen) atoms. The fourth-order valence-corrected chi connectivity index (χ4v) is 5.04. The van der Waals surface area contributed by atoms with Crippen LogP contribution in [0, 0.1) is 0 Å². The number of ether oxygens (including phenoxy) is 3. The summed E-state index contributed by atoms with van der Waals surface area (Å²) in [5.41, 5.74) is 9.96. The lowest BCUT2D eigenvalue weighted by molar-refractivity contribution is 0.0568. The largest absolute Gasteiger partial charge is 0.495 e. The van der Waals surface area contributed by atoms with Crippen LogP contribution >= 0.6 is 0 Å². The predicted molar refractivity (Wildman–Crippen MR) is 157 cm³/mol. The van der Waals surface area contributed by atoms with Gasteiger partial charge in [0.2, 0.25) is 0 Å². The number of cyclic esters (lactones) is 1. The minimum atomic E-state index is -1.05. The quantitative estimate of drug-likeness (QED) is 0.345. The number of carbonyl (C=O) groups is 1. The van der Waals surface area contributed by atoms with Crippen LogP contribution in [0.1, 0.15) is 43.4 Å². The van der Waals surface area contributed by atoms with Crippen molar-refractivity contribution in [2.75, 3.05) is 38.8 Å². The lowest BCUT2D eigenvalue weighted by Crippen LogP contribution is -2.35. The Bertz CT molecular complexity index is 1290. The normalized spacial score (nSPS) is 22.9. The highest BCUT2D eigenvalue weighted by Crippen LogP contribution is 2.37. The van der Waals surface area contributed by atoms with Gasteiger partial charge in [-0.25, -0.2) is 9.18 Å². The van der Waals surface area contributed by atoms with Crippen LogP contribution in [-0.2, 0) is 17.8 Å². The summed E-state index contributed by atoms with van der Waals surface area (Å²) in [7, 11) is 3.64. The van der Waals surface area contributed by atoms with E-state index >= 15 is 0 Å². The highest BCUT2D eigenvalue weighted by atomic mass is 19.1. The van der Waals surface area contributed by atoms with Crippen molar-refractivity contribution < 1.29 is 23.4 Å². The number of allylic oxidation sites excluding steroid dienone is 6. The molecule has 2 aromatic rings. The van der Waals surface area contributed by atoms with Crippen LogP contribution in [-0.4, -0.2) is 56.6 Å². The Morgan fingerprint density at radius 2 is 1.95 bits per heavy atom. The third-order valence-electron chi connectivity index (χ3n) is 7.23. The monoisotopic (exact) mass is 549 g/mol. The molecule has 2 unspecified atom stereocenters. The molecule has 0 saturated carbocycles. The van der Waals surface area contributed by atoms with Gasteiger partial charge in [0.25, 0.3) is 0 Å². The zero-order chi connectivity index (χ0) is 28.7. The van der Waals surface area contributed by atoms with Crippen molar-refractivity contribution in [2.24, 2.45) is 5.73 Å². The molecule has 214 valence electrons. The minimum absolute atomic E-state index is 0.379. The number of amides is 1. The van der Waals surface area contributed by atoms with E-state index in [1.807, 2.05) is 44.2 Å². The SMILES string of the molecule is CCOc1cc(CN(C)CCC2(C)CN(c3ccc(CN)cc3OC)C(=O)O2)ccc1/C1=C/C=CC(F)/C=C\C1. The van der Waals surface area contributed by atoms with E-state index in [0.29, 0.717) is 50.5 Å². The number of carbonyl (C=O) groups excluding carboxylic acids is 1. The van der Waals surface area contributed by atoms with E-state index in [0.717, 1.165) is 34.6 Å². The molecule has 0 spiro atoms. The summed E-state index contributed by atoms with van der Waals surface area (Å²) >= 11 is 0. The van der Waals surface area contributed by atoms with Crippen molar-refractivity contribution in [1.29, 1.82) is 0 Å². The second-order valence-corrected chi connectivity index (χ2v) is 10.5. The number of nitrogens with zero attached hydrogens (tertiary/aromatic N) is 2. The second-order valence-electron chi connectivity index (χ2n) is 10.5. The number of hydrogen-bond donors (Lipinski definition) is 1. The molecule has 4 rings (SSSR count). The molecule has 1 aliphatic heterocycles. The number of methoxy groups -OCH3 is 1. The molecule has 0 bridgehead atoms. The van der Waals surface area contributed by atoms with E-state index < -0.39 is 11.8 Å². The molecular formula is C32H40FN3O4. The van der Waals surface area contributed by atoms with E-state index in [4.69, 9.17) is 19.9 Å². The van der Waals surface area contributed by atoms with Crippen molar-refractivity contribution >= 4 is 17.4 Å². The standard InChI is InChI=1S/C32H40FN3O4/c1-5-39-29-19-24(12-14-27(29)25-8-6-10-26(33)11-7-9-25)21-35(3)17-16-32(2)22-36(31(37)40-32)28-15-13-23(20-34)18-30(28)38-4/h6-8,10-15,18-19,26H,5,9,16-17,20-22,34H2,1-4H3/b10-6?,11-7-,25-8+. The Morgan fingerprint density at radius 1 is 1.18 bits per heavy atom. The molecule has 8 heteroatoms. The summed E-state index contributed by atoms with van der Waals surface area (Å²) in [4.78, 5) is 16.7. The van der Waals surface area contributed by atoms with E-state index in [-0.39, 0.29) is 6.09 Å². The van der Waals surface area contributed by atoms with Crippen LogP contribution in [0.4, 0.5) is 14.9 Å². The zero-order valence-corrected chi connectivity index (χ0v) is 23.9. The van der Waals surface area contributed by atoms with Crippen LogP contribution < -0.4 is 20.1 Å². The summed E-state index contributed by atoms with van der Waals surface area (Å²) in [6.07, 6.45) is 8.58. The molecule has 1 amide bonds. The number of rotatable bonds is 11. The molecule has 2 aliphatic rings. The number of anilines is 1. The fraction of sp³-hybridized carbons (Fsp3) is 0.406. The number of benzene rings is 2. The molecule has 0 aromatic heterocycles. The third kappa shape index (κ3) is 7.11. The Kier molecular flexibility index (Phi) is 9.66. The van der Waals surface area contributed by atoms with Crippen molar-refractivity contribution in [3.8, 4) is 11.5 Å².